The summed E-state index contributed by atoms with van der Waals surface area (Å²) in [5, 5.41) is 11.3. The van der Waals surface area contributed by atoms with Crippen LogP contribution < -0.4 is 0 Å². The molecule has 0 spiro atoms. The number of ketones is 1. The summed E-state index contributed by atoms with van der Waals surface area (Å²) in [5.74, 6) is -1.25. The lowest BCUT2D eigenvalue weighted by molar-refractivity contribution is -0.385. The molecule has 0 amide bonds. The summed E-state index contributed by atoms with van der Waals surface area (Å²) in [7, 11) is 0. The third-order valence-corrected chi connectivity index (χ3v) is 3.13. The zero-order valence-electron chi connectivity index (χ0n) is 10.2. The first kappa shape index (κ1) is 14.1. The average molecular weight is 294 g/mol. The molecule has 0 saturated carbocycles. The molecule has 2 rings (SSSR count). The highest BCUT2D eigenvalue weighted by molar-refractivity contribution is 6.31. The lowest BCUT2D eigenvalue weighted by Gasteiger charge is -2.04. The van der Waals surface area contributed by atoms with Gasteiger partial charge in [0.15, 0.2) is 5.78 Å². The van der Waals surface area contributed by atoms with Crippen molar-refractivity contribution < 1.29 is 14.1 Å². The van der Waals surface area contributed by atoms with Crippen LogP contribution in [0.2, 0.25) is 5.02 Å². The summed E-state index contributed by atoms with van der Waals surface area (Å²) in [6.07, 6.45) is -0.121. The van der Waals surface area contributed by atoms with Crippen LogP contribution in [0.4, 0.5) is 10.1 Å². The van der Waals surface area contributed by atoms with Gasteiger partial charge in [-0.05, 0) is 23.8 Å². The number of nitro groups is 1. The van der Waals surface area contributed by atoms with Crippen molar-refractivity contribution in [1.82, 2.24) is 0 Å². The third kappa shape index (κ3) is 3.00. The average Bonchev–Trinajstić information content (AvgIpc) is 2.40. The van der Waals surface area contributed by atoms with Crippen molar-refractivity contribution in [3.05, 3.63) is 74.5 Å². The molecule has 0 aromatic heterocycles. The van der Waals surface area contributed by atoms with Gasteiger partial charge in [0.1, 0.15) is 5.82 Å². The molecule has 0 aliphatic heterocycles. The Morgan fingerprint density at radius 3 is 2.60 bits per heavy atom. The summed E-state index contributed by atoms with van der Waals surface area (Å²) < 4.78 is 13.2. The van der Waals surface area contributed by atoms with Gasteiger partial charge in [-0.1, -0.05) is 29.8 Å². The Labute approximate surface area is 119 Å². The second kappa shape index (κ2) is 5.79. The predicted octanol–water partition coefficient (Wildman–Crippen LogP) is 3.81. The maximum atomic E-state index is 13.2. The highest BCUT2D eigenvalue weighted by Crippen LogP contribution is 2.23. The second-order valence-electron chi connectivity index (χ2n) is 4.11. The first-order valence-corrected chi connectivity index (χ1v) is 6.07. The van der Waals surface area contributed by atoms with Crippen LogP contribution in [0.15, 0.2) is 42.5 Å². The fourth-order valence-corrected chi connectivity index (χ4v) is 2.00. The van der Waals surface area contributed by atoms with E-state index in [-0.39, 0.29) is 12.0 Å². The summed E-state index contributed by atoms with van der Waals surface area (Å²) >= 11 is 5.93. The standard InChI is InChI=1S/C14H9ClFNO3/c15-12-4-2-1-3-9(12)7-14(18)11-8-10(16)5-6-13(11)17(19)20/h1-6,8H,7H2. The molecular formula is C14H9ClFNO3. The third-order valence-electron chi connectivity index (χ3n) is 2.76. The fourth-order valence-electron chi connectivity index (χ4n) is 1.80. The minimum Gasteiger partial charge on any atom is -0.294 e. The quantitative estimate of drug-likeness (QED) is 0.489. The Morgan fingerprint density at radius 2 is 1.95 bits per heavy atom. The van der Waals surface area contributed by atoms with E-state index < -0.39 is 22.2 Å². The molecule has 0 saturated heterocycles. The van der Waals surface area contributed by atoms with E-state index in [1.807, 2.05) is 0 Å². The highest BCUT2D eigenvalue weighted by Gasteiger charge is 2.21. The maximum Gasteiger partial charge on any atom is 0.280 e. The SMILES string of the molecule is O=C(Cc1ccccc1Cl)c1cc(F)ccc1[N+](=O)[O-]. The maximum absolute atomic E-state index is 13.2. The Morgan fingerprint density at radius 1 is 1.25 bits per heavy atom. The van der Waals surface area contributed by atoms with E-state index in [2.05, 4.69) is 0 Å². The van der Waals surface area contributed by atoms with Crippen LogP contribution in [0.1, 0.15) is 15.9 Å². The molecular weight excluding hydrogens is 285 g/mol. The first-order chi connectivity index (χ1) is 9.49. The number of halogens is 2. The molecule has 102 valence electrons. The summed E-state index contributed by atoms with van der Waals surface area (Å²) in [6.45, 7) is 0. The van der Waals surface area contributed by atoms with Gasteiger partial charge in [-0.25, -0.2) is 4.39 Å². The number of rotatable bonds is 4. The largest absolute Gasteiger partial charge is 0.294 e. The van der Waals surface area contributed by atoms with E-state index >= 15 is 0 Å². The van der Waals surface area contributed by atoms with Crippen molar-refractivity contribution in [3.63, 3.8) is 0 Å². The van der Waals surface area contributed by atoms with Crippen LogP contribution in [0.25, 0.3) is 0 Å². The number of nitro benzene ring substituents is 1. The monoisotopic (exact) mass is 293 g/mol. The first-order valence-electron chi connectivity index (χ1n) is 5.69. The Hall–Kier alpha value is -2.27. The van der Waals surface area contributed by atoms with E-state index in [4.69, 9.17) is 11.6 Å². The molecule has 4 nitrogen and oxygen atoms in total. The Bertz CT molecular complexity index is 688. The number of nitrogens with zero attached hydrogens (tertiary/aromatic N) is 1. The van der Waals surface area contributed by atoms with Gasteiger partial charge in [-0.15, -0.1) is 0 Å². The van der Waals surface area contributed by atoms with Gasteiger partial charge < -0.3 is 0 Å². The van der Waals surface area contributed by atoms with Gasteiger partial charge in [-0.3, -0.25) is 14.9 Å². The van der Waals surface area contributed by atoms with Gasteiger partial charge in [-0.2, -0.15) is 0 Å². The number of hydrogen-bond acceptors (Lipinski definition) is 3. The van der Waals surface area contributed by atoms with Gasteiger partial charge >= 0.3 is 0 Å². The van der Waals surface area contributed by atoms with Crippen molar-refractivity contribution in [2.75, 3.05) is 0 Å². The molecule has 0 N–H and O–H groups in total. The molecule has 0 heterocycles. The molecule has 6 heteroatoms. The molecule has 0 aliphatic carbocycles. The minimum atomic E-state index is -0.709. The van der Waals surface area contributed by atoms with Crippen molar-refractivity contribution in [2.24, 2.45) is 0 Å². The van der Waals surface area contributed by atoms with Crippen LogP contribution in [0, 0.1) is 15.9 Å². The lowest BCUT2D eigenvalue weighted by Crippen LogP contribution is -2.08. The van der Waals surface area contributed by atoms with Crippen molar-refractivity contribution in [2.45, 2.75) is 6.42 Å². The van der Waals surface area contributed by atoms with Crippen molar-refractivity contribution in [1.29, 1.82) is 0 Å². The molecule has 0 aliphatic rings. The molecule has 0 bridgehead atoms. The number of benzene rings is 2. The Kier molecular flexibility index (Phi) is 4.10. The zero-order valence-corrected chi connectivity index (χ0v) is 10.9. The molecule has 2 aromatic rings. The van der Waals surface area contributed by atoms with E-state index in [9.17, 15) is 19.3 Å². The van der Waals surface area contributed by atoms with E-state index in [1.54, 1.807) is 24.3 Å². The molecule has 0 fully saturated rings. The highest BCUT2D eigenvalue weighted by atomic mass is 35.5. The number of hydrogen-bond donors (Lipinski definition) is 0. The lowest BCUT2D eigenvalue weighted by atomic mass is 10.0. The number of carbonyl (C=O) groups is 1. The Balaban J connectivity index is 2.37. The van der Waals surface area contributed by atoms with Crippen LogP contribution in [-0.2, 0) is 6.42 Å². The number of carbonyl (C=O) groups excluding carboxylic acids is 1. The van der Waals surface area contributed by atoms with Crippen LogP contribution in [0.5, 0.6) is 0 Å². The van der Waals surface area contributed by atoms with E-state index in [0.717, 1.165) is 18.2 Å². The summed E-state index contributed by atoms with van der Waals surface area (Å²) in [5.41, 5.74) is -0.129. The van der Waals surface area contributed by atoms with E-state index in [0.29, 0.717) is 10.6 Å². The molecule has 20 heavy (non-hydrogen) atoms. The molecule has 0 atom stereocenters. The van der Waals surface area contributed by atoms with Crippen LogP contribution >= 0.6 is 11.6 Å². The van der Waals surface area contributed by atoms with Gasteiger partial charge in [0, 0.05) is 17.5 Å². The topological polar surface area (TPSA) is 60.2 Å². The van der Waals surface area contributed by atoms with E-state index in [1.165, 1.54) is 0 Å². The number of Topliss-reactive ketones (excluding diaryl/α,β-unsaturated/α-hetero) is 1. The van der Waals surface area contributed by atoms with Gasteiger partial charge in [0.2, 0.25) is 0 Å². The second-order valence-corrected chi connectivity index (χ2v) is 4.52. The molecule has 0 radical (unpaired) electrons. The van der Waals surface area contributed by atoms with Crippen LogP contribution in [0.3, 0.4) is 0 Å². The van der Waals surface area contributed by atoms with Crippen LogP contribution in [-0.4, -0.2) is 10.7 Å². The zero-order chi connectivity index (χ0) is 14.7. The fraction of sp³-hybridized carbons (Fsp3) is 0.0714. The molecule has 0 unspecified atom stereocenters. The van der Waals surface area contributed by atoms with Crippen molar-refractivity contribution in [3.8, 4) is 0 Å². The molecule has 2 aromatic carbocycles. The predicted molar refractivity (Wildman–Crippen MR) is 72.5 cm³/mol. The smallest absolute Gasteiger partial charge is 0.280 e. The summed E-state index contributed by atoms with van der Waals surface area (Å²) in [6, 6.07) is 9.47. The van der Waals surface area contributed by atoms with Crippen molar-refractivity contribution >= 4 is 23.1 Å². The van der Waals surface area contributed by atoms with Gasteiger partial charge in [0.25, 0.3) is 5.69 Å². The van der Waals surface area contributed by atoms with Gasteiger partial charge in [0.05, 0.1) is 10.5 Å². The normalized spacial score (nSPS) is 10.3. The summed E-state index contributed by atoms with van der Waals surface area (Å²) in [4.78, 5) is 22.3. The minimum absolute atomic E-state index is 0.121.